The molecule has 1 N–H and O–H groups in total. The van der Waals surface area contributed by atoms with Crippen molar-refractivity contribution in [1.82, 2.24) is 4.98 Å². The lowest BCUT2D eigenvalue weighted by atomic mass is 10.1. The Labute approximate surface area is 126 Å². The molecule has 0 aliphatic carbocycles. The minimum Gasteiger partial charge on any atom is -0.478 e. The summed E-state index contributed by atoms with van der Waals surface area (Å²) in [6.07, 6.45) is 1.56. The Balaban J connectivity index is 2.47. The van der Waals surface area contributed by atoms with Crippen LogP contribution < -0.4 is 4.90 Å². The molecule has 0 saturated carbocycles. The van der Waals surface area contributed by atoms with Crippen LogP contribution in [0.25, 0.3) is 11.6 Å². The van der Waals surface area contributed by atoms with Crippen LogP contribution in [0.15, 0.2) is 30.3 Å². The van der Waals surface area contributed by atoms with E-state index in [1.807, 2.05) is 25.1 Å². The number of anilines is 1. The molecule has 104 valence electrons. The van der Waals surface area contributed by atoms with Crippen molar-refractivity contribution in [3.63, 3.8) is 0 Å². The number of aromatic nitrogens is 1. The van der Waals surface area contributed by atoms with Crippen LogP contribution in [0.5, 0.6) is 0 Å². The SMILES string of the molecule is CN(C)c1nc(Cl)c(/C=C(\C(=O)O)c2ccccc2)s1. The minimum absolute atomic E-state index is 0.196. The highest BCUT2D eigenvalue weighted by atomic mass is 35.5. The van der Waals surface area contributed by atoms with Gasteiger partial charge in [-0.1, -0.05) is 53.3 Å². The van der Waals surface area contributed by atoms with Crippen molar-refractivity contribution in [3.8, 4) is 0 Å². The molecule has 1 aromatic heterocycles. The topological polar surface area (TPSA) is 53.4 Å². The van der Waals surface area contributed by atoms with E-state index in [1.165, 1.54) is 11.3 Å². The van der Waals surface area contributed by atoms with Crippen LogP contribution in [-0.4, -0.2) is 30.2 Å². The maximum absolute atomic E-state index is 11.4. The first kappa shape index (κ1) is 14.6. The Kier molecular flexibility index (Phi) is 4.42. The van der Waals surface area contributed by atoms with Gasteiger partial charge in [0.1, 0.15) is 5.15 Å². The molecular formula is C14H13ClN2O2S. The normalized spacial score (nSPS) is 11.4. The Morgan fingerprint density at radius 3 is 2.50 bits per heavy atom. The molecule has 0 amide bonds. The van der Waals surface area contributed by atoms with Crippen molar-refractivity contribution in [2.75, 3.05) is 19.0 Å². The first-order valence-corrected chi connectivity index (χ1v) is 7.02. The molecule has 2 aromatic rings. The van der Waals surface area contributed by atoms with Gasteiger partial charge in [0, 0.05) is 14.1 Å². The zero-order chi connectivity index (χ0) is 14.7. The number of benzene rings is 1. The molecular weight excluding hydrogens is 296 g/mol. The van der Waals surface area contributed by atoms with E-state index in [0.29, 0.717) is 15.6 Å². The standard InChI is InChI=1S/C14H13ClN2O2S/c1-17(2)14-16-12(15)11(20-14)8-10(13(18)19)9-6-4-3-5-7-9/h3-8H,1-2H3,(H,18,19)/b10-8-. The van der Waals surface area contributed by atoms with Gasteiger partial charge in [-0.05, 0) is 11.6 Å². The lowest BCUT2D eigenvalue weighted by molar-refractivity contribution is -0.130. The number of aliphatic carboxylic acids is 1. The summed E-state index contributed by atoms with van der Waals surface area (Å²) in [7, 11) is 3.72. The molecule has 0 aliphatic heterocycles. The highest BCUT2D eigenvalue weighted by Gasteiger charge is 2.14. The van der Waals surface area contributed by atoms with Crippen LogP contribution in [-0.2, 0) is 4.79 Å². The molecule has 0 atom stereocenters. The number of hydrogen-bond donors (Lipinski definition) is 1. The third kappa shape index (κ3) is 3.18. The number of rotatable bonds is 4. The zero-order valence-electron chi connectivity index (χ0n) is 11.0. The van der Waals surface area contributed by atoms with Crippen LogP contribution in [0.4, 0.5) is 5.13 Å². The van der Waals surface area contributed by atoms with Gasteiger partial charge < -0.3 is 10.0 Å². The van der Waals surface area contributed by atoms with Crippen molar-refractivity contribution in [2.24, 2.45) is 0 Å². The van der Waals surface area contributed by atoms with Gasteiger partial charge in [-0.3, -0.25) is 0 Å². The summed E-state index contributed by atoms with van der Waals surface area (Å²) in [5, 5.41) is 10.4. The Morgan fingerprint density at radius 1 is 1.35 bits per heavy atom. The molecule has 0 bridgehead atoms. The van der Waals surface area contributed by atoms with Gasteiger partial charge in [-0.2, -0.15) is 0 Å². The van der Waals surface area contributed by atoms with Crippen molar-refractivity contribution in [3.05, 3.63) is 45.9 Å². The lowest BCUT2D eigenvalue weighted by Gasteiger charge is -2.05. The number of nitrogens with zero attached hydrogens (tertiary/aromatic N) is 2. The fourth-order valence-electron chi connectivity index (χ4n) is 1.60. The monoisotopic (exact) mass is 308 g/mol. The van der Waals surface area contributed by atoms with Crippen molar-refractivity contribution < 1.29 is 9.90 Å². The molecule has 1 heterocycles. The van der Waals surface area contributed by atoms with Crippen LogP contribution >= 0.6 is 22.9 Å². The van der Waals surface area contributed by atoms with E-state index in [2.05, 4.69) is 4.98 Å². The number of carbonyl (C=O) groups is 1. The van der Waals surface area contributed by atoms with Crippen molar-refractivity contribution >= 4 is 45.7 Å². The quantitative estimate of drug-likeness (QED) is 0.879. The fourth-order valence-corrected chi connectivity index (χ4v) is 2.72. The van der Waals surface area contributed by atoms with Crippen molar-refractivity contribution in [2.45, 2.75) is 0 Å². The Morgan fingerprint density at radius 2 is 2.00 bits per heavy atom. The van der Waals surface area contributed by atoms with E-state index in [9.17, 15) is 9.90 Å². The zero-order valence-corrected chi connectivity index (χ0v) is 12.6. The predicted molar refractivity (Wildman–Crippen MR) is 83.4 cm³/mol. The molecule has 0 fully saturated rings. The van der Waals surface area contributed by atoms with Gasteiger partial charge in [0.05, 0.1) is 10.5 Å². The predicted octanol–water partition coefficient (Wildman–Crippen LogP) is 3.49. The maximum Gasteiger partial charge on any atom is 0.336 e. The van der Waals surface area contributed by atoms with Gasteiger partial charge in [-0.25, -0.2) is 9.78 Å². The molecule has 0 spiro atoms. The first-order valence-electron chi connectivity index (χ1n) is 5.83. The summed E-state index contributed by atoms with van der Waals surface area (Å²) in [5.41, 5.74) is 0.831. The molecule has 4 nitrogen and oxygen atoms in total. The number of thiazole rings is 1. The smallest absolute Gasteiger partial charge is 0.336 e. The maximum atomic E-state index is 11.4. The van der Waals surface area contributed by atoms with Crippen LogP contribution in [0.3, 0.4) is 0 Å². The minimum atomic E-state index is -0.993. The van der Waals surface area contributed by atoms with E-state index >= 15 is 0 Å². The average Bonchev–Trinajstić information content (AvgIpc) is 2.78. The van der Waals surface area contributed by atoms with Gasteiger partial charge in [0.2, 0.25) is 0 Å². The van der Waals surface area contributed by atoms with Crippen LogP contribution in [0.1, 0.15) is 10.4 Å². The molecule has 0 unspecified atom stereocenters. The highest BCUT2D eigenvalue weighted by Crippen LogP contribution is 2.32. The number of carboxylic acids is 1. The van der Waals surface area contributed by atoms with Crippen molar-refractivity contribution in [1.29, 1.82) is 0 Å². The third-order valence-electron chi connectivity index (χ3n) is 2.57. The second kappa shape index (κ2) is 6.07. The van der Waals surface area contributed by atoms with Gasteiger partial charge in [0.25, 0.3) is 0 Å². The third-order valence-corrected chi connectivity index (χ3v) is 4.14. The summed E-state index contributed by atoms with van der Waals surface area (Å²) in [4.78, 5) is 18.1. The molecule has 0 radical (unpaired) electrons. The van der Waals surface area contributed by atoms with Gasteiger partial charge in [-0.15, -0.1) is 0 Å². The Bertz CT molecular complexity index is 650. The Hall–Kier alpha value is -1.85. The average molecular weight is 309 g/mol. The fraction of sp³-hybridized carbons (Fsp3) is 0.143. The molecule has 0 aliphatic rings. The highest BCUT2D eigenvalue weighted by molar-refractivity contribution is 7.17. The second-order valence-corrected chi connectivity index (χ2v) is 5.64. The van der Waals surface area contributed by atoms with E-state index in [0.717, 1.165) is 5.13 Å². The lowest BCUT2D eigenvalue weighted by Crippen LogP contribution is -2.07. The number of carboxylic acid groups (broad SMARTS) is 1. The van der Waals surface area contributed by atoms with Gasteiger partial charge >= 0.3 is 5.97 Å². The molecule has 2 rings (SSSR count). The number of halogens is 1. The number of hydrogen-bond acceptors (Lipinski definition) is 4. The summed E-state index contributed by atoms with van der Waals surface area (Å²) in [5.74, 6) is -0.993. The molecule has 20 heavy (non-hydrogen) atoms. The summed E-state index contributed by atoms with van der Waals surface area (Å²) >= 11 is 7.41. The summed E-state index contributed by atoms with van der Waals surface area (Å²) in [6, 6.07) is 8.94. The molecule has 1 aromatic carbocycles. The van der Waals surface area contributed by atoms with E-state index < -0.39 is 5.97 Å². The van der Waals surface area contributed by atoms with E-state index in [-0.39, 0.29) is 5.57 Å². The van der Waals surface area contributed by atoms with E-state index in [4.69, 9.17) is 11.6 Å². The van der Waals surface area contributed by atoms with Crippen LogP contribution in [0.2, 0.25) is 5.15 Å². The molecule has 0 saturated heterocycles. The summed E-state index contributed by atoms with van der Waals surface area (Å²) < 4.78 is 0. The second-order valence-electron chi connectivity index (χ2n) is 4.28. The van der Waals surface area contributed by atoms with Crippen LogP contribution in [0, 0.1) is 0 Å². The molecule has 6 heteroatoms. The van der Waals surface area contributed by atoms with Gasteiger partial charge in [0.15, 0.2) is 5.13 Å². The first-order chi connectivity index (χ1) is 9.49. The summed E-state index contributed by atoms with van der Waals surface area (Å²) in [6.45, 7) is 0. The van der Waals surface area contributed by atoms with E-state index in [1.54, 1.807) is 30.3 Å². The largest absolute Gasteiger partial charge is 0.478 e.